The summed E-state index contributed by atoms with van der Waals surface area (Å²) in [6, 6.07) is 5.69. The zero-order valence-electron chi connectivity index (χ0n) is 8.73. The molecule has 15 heavy (non-hydrogen) atoms. The zero-order chi connectivity index (χ0) is 11.1. The molecule has 0 bridgehead atoms. The Morgan fingerprint density at radius 3 is 2.87 bits per heavy atom. The minimum absolute atomic E-state index is 0.114. The van der Waals surface area contributed by atoms with Crippen LogP contribution >= 0.6 is 0 Å². The van der Waals surface area contributed by atoms with Crippen molar-refractivity contribution in [1.29, 1.82) is 0 Å². The zero-order valence-corrected chi connectivity index (χ0v) is 9.55. The first-order valence-electron chi connectivity index (χ1n) is 5.11. The van der Waals surface area contributed by atoms with Gasteiger partial charge in [0.1, 0.15) is 0 Å². The van der Waals surface area contributed by atoms with Gasteiger partial charge in [-0.2, -0.15) is 0 Å². The molecule has 1 aromatic carbocycles. The van der Waals surface area contributed by atoms with E-state index in [1.165, 1.54) is 0 Å². The Hall–Kier alpha value is -0.870. The molecule has 2 rings (SSSR count). The van der Waals surface area contributed by atoms with Crippen LogP contribution in [0.4, 0.5) is 0 Å². The van der Waals surface area contributed by atoms with Gasteiger partial charge in [0.2, 0.25) is 0 Å². The van der Waals surface area contributed by atoms with E-state index in [1.54, 1.807) is 0 Å². The summed E-state index contributed by atoms with van der Waals surface area (Å²) < 4.78 is 23.8. The van der Waals surface area contributed by atoms with Crippen LogP contribution in [-0.2, 0) is 16.3 Å². The molecule has 1 aromatic rings. The standard InChI is InChI=1S/C11H15NO2S/c1-8-7-15(13,14)11-9(5-6-12)3-2-4-10(8)11/h2-4,8H,5-7,12H2,1H3. The molecule has 1 aliphatic heterocycles. The van der Waals surface area contributed by atoms with Gasteiger partial charge < -0.3 is 5.73 Å². The lowest BCUT2D eigenvalue weighted by molar-refractivity contribution is 0.597. The van der Waals surface area contributed by atoms with Gasteiger partial charge in [0.25, 0.3) is 0 Å². The van der Waals surface area contributed by atoms with Crippen molar-refractivity contribution in [2.24, 2.45) is 5.73 Å². The molecule has 0 fully saturated rings. The second-order valence-corrected chi connectivity index (χ2v) is 6.03. The highest BCUT2D eigenvalue weighted by atomic mass is 32.2. The highest BCUT2D eigenvalue weighted by Crippen LogP contribution is 2.36. The van der Waals surface area contributed by atoms with Crippen LogP contribution in [0.5, 0.6) is 0 Å². The Labute approximate surface area is 90.2 Å². The average Bonchev–Trinajstić information content (AvgIpc) is 2.39. The fourth-order valence-corrected chi connectivity index (χ4v) is 4.43. The normalized spacial score (nSPS) is 22.7. The van der Waals surface area contributed by atoms with Gasteiger partial charge in [-0.25, -0.2) is 8.42 Å². The number of hydrogen-bond acceptors (Lipinski definition) is 3. The van der Waals surface area contributed by atoms with Crippen LogP contribution in [-0.4, -0.2) is 20.7 Å². The Morgan fingerprint density at radius 2 is 2.20 bits per heavy atom. The van der Waals surface area contributed by atoms with E-state index in [4.69, 9.17) is 5.73 Å². The quantitative estimate of drug-likeness (QED) is 0.819. The van der Waals surface area contributed by atoms with Crippen molar-refractivity contribution in [3.05, 3.63) is 29.3 Å². The van der Waals surface area contributed by atoms with Crippen LogP contribution in [0.3, 0.4) is 0 Å². The van der Waals surface area contributed by atoms with E-state index in [2.05, 4.69) is 0 Å². The molecule has 0 saturated heterocycles. The average molecular weight is 225 g/mol. The van der Waals surface area contributed by atoms with Crippen LogP contribution in [0.2, 0.25) is 0 Å². The van der Waals surface area contributed by atoms with E-state index in [9.17, 15) is 8.42 Å². The molecule has 0 aromatic heterocycles. The van der Waals surface area contributed by atoms with E-state index < -0.39 is 9.84 Å². The molecule has 1 heterocycles. The van der Waals surface area contributed by atoms with Crippen molar-refractivity contribution in [1.82, 2.24) is 0 Å². The van der Waals surface area contributed by atoms with E-state index >= 15 is 0 Å². The monoisotopic (exact) mass is 225 g/mol. The van der Waals surface area contributed by atoms with Crippen molar-refractivity contribution in [3.63, 3.8) is 0 Å². The summed E-state index contributed by atoms with van der Waals surface area (Å²) in [4.78, 5) is 0.544. The van der Waals surface area contributed by atoms with Crippen molar-refractivity contribution in [2.45, 2.75) is 24.2 Å². The van der Waals surface area contributed by atoms with Gasteiger partial charge in [-0.15, -0.1) is 0 Å². The van der Waals surface area contributed by atoms with Gasteiger partial charge in [-0.3, -0.25) is 0 Å². The molecule has 0 saturated carbocycles. The third-order valence-corrected chi connectivity index (χ3v) is 4.91. The molecule has 4 heteroatoms. The molecule has 1 unspecified atom stereocenters. The molecule has 0 amide bonds. The van der Waals surface area contributed by atoms with Crippen molar-refractivity contribution >= 4 is 9.84 Å². The predicted octanol–water partition coefficient (Wildman–Crippen LogP) is 1.08. The van der Waals surface area contributed by atoms with E-state index in [1.807, 2.05) is 25.1 Å². The first kappa shape index (κ1) is 10.6. The molecule has 0 aliphatic carbocycles. The largest absolute Gasteiger partial charge is 0.330 e. The number of sulfone groups is 1. The van der Waals surface area contributed by atoms with E-state index in [0.717, 1.165) is 11.1 Å². The summed E-state index contributed by atoms with van der Waals surface area (Å²) >= 11 is 0. The first-order chi connectivity index (χ1) is 7.06. The molecule has 2 N–H and O–H groups in total. The number of fused-ring (bicyclic) bond motifs is 1. The number of rotatable bonds is 2. The van der Waals surface area contributed by atoms with Crippen LogP contribution in [0, 0.1) is 0 Å². The second-order valence-electron chi connectivity index (χ2n) is 4.06. The highest BCUT2D eigenvalue weighted by molar-refractivity contribution is 7.91. The van der Waals surface area contributed by atoms with Crippen LogP contribution in [0.1, 0.15) is 24.0 Å². The smallest absolute Gasteiger partial charge is 0.179 e. The molecule has 0 spiro atoms. The van der Waals surface area contributed by atoms with Crippen LogP contribution < -0.4 is 5.73 Å². The number of hydrogen-bond donors (Lipinski definition) is 1. The lowest BCUT2D eigenvalue weighted by Gasteiger charge is -2.06. The summed E-state index contributed by atoms with van der Waals surface area (Å²) in [7, 11) is -3.06. The summed E-state index contributed by atoms with van der Waals surface area (Å²) in [6.45, 7) is 2.44. The van der Waals surface area contributed by atoms with E-state index in [-0.39, 0.29) is 11.7 Å². The van der Waals surface area contributed by atoms with Crippen LogP contribution in [0.25, 0.3) is 0 Å². The van der Waals surface area contributed by atoms with Gasteiger partial charge >= 0.3 is 0 Å². The summed E-state index contributed by atoms with van der Waals surface area (Å²) in [5.74, 6) is 0.354. The second kappa shape index (κ2) is 3.61. The molecule has 3 nitrogen and oxygen atoms in total. The molecule has 0 radical (unpaired) electrons. The van der Waals surface area contributed by atoms with Crippen molar-refractivity contribution < 1.29 is 8.42 Å². The SMILES string of the molecule is CC1CS(=O)(=O)c2c(CCN)cccc21. The lowest BCUT2D eigenvalue weighted by atomic mass is 10.00. The molecule has 82 valence electrons. The minimum Gasteiger partial charge on any atom is -0.330 e. The van der Waals surface area contributed by atoms with Gasteiger partial charge in [-0.05, 0) is 30.0 Å². The predicted molar refractivity (Wildman–Crippen MR) is 59.7 cm³/mol. The third-order valence-electron chi connectivity index (χ3n) is 2.85. The minimum atomic E-state index is -3.06. The fourth-order valence-electron chi connectivity index (χ4n) is 2.23. The van der Waals surface area contributed by atoms with Gasteiger partial charge in [0.15, 0.2) is 9.84 Å². The first-order valence-corrected chi connectivity index (χ1v) is 6.76. The van der Waals surface area contributed by atoms with Gasteiger partial charge in [0, 0.05) is 0 Å². The fraction of sp³-hybridized carbons (Fsp3) is 0.455. The maximum atomic E-state index is 11.9. The lowest BCUT2D eigenvalue weighted by Crippen LogP contribution is -2.08. The number of nitrogens with two attached hydrogens (primary N) is 1. The highest BCUT2D eigenvalue weighted by Gasteiger charge is 2.33. The maximum Gasteiger partial charge on any atom is 0.179 e. The third kappa shape index (κ3) is 1.68. The maximum absolute atomic E-state index is 11.9. The van der Waals surface area contributed by atoms with E-state index in [0.29, 0.717) is 17.9 Å². The topological polar surface area (TPSA) is 60.2 Å². The summed E-state index contributed by atoms with van der Waals surface area (Å²) in [6.07, 6.45) is 0.634. The molecular weight excluding hydrogens is 210 g/mol. The summed E-state index contributed by atoms with van der Waals surface area (Å²) in [5.41, 5.74) is 7.32. The Morgan fingerprint density at radius 1 is 1.47 bits per heavy atom. The molecular formula is C11H15NO2S. The van der Waals surface area contributed by atoms with Crippen LogP contribution in [0.15, 0.2) is 23.1 Å². The Kier molecular flexibility index (Phi) is 2.56. The summed E-state index contributed by atoms with van der Waals surface area (Å²) in [5, 5.41) is 0. The molecule has 1 atom stereocenters. The van der Waals surface area contributed by atoms with Gasteiger partial charge in [0.05, 0.1) is 10.6 Å². The van der Waals surface area contributed by atoms with Crippen molar-refractivity contribution in [2.75, 3.05) is 12.3 Å². The Balaban J connectivity index is 2.64. The van der Waals surface area contributed by atoms with Gasteiger partial charge in [-0.1, -0.05) is 25.1 Å². The number of benzene rings is 1. The molecule has 1 aliphatic rings. The Bertz CT molecular complexity index is 479. The van der Waals surface area contributed by atoms with Crippen molar-refractivity contribution in [3.8, 4) is 0 Å².